The van der Waals surface area contributed by atoms with Gasteiger partial charge in [-0.1, -0.05) is 18.2 Å². The Kier molecular flexibility index (Phi) is 4.69. The Labute approximate surface area is 185 Å². The van der Waals surface area contributed by atoms with Crippen LogP contribution in [0.3, 0.4) is 0 Å². The van der Waals surface area contributed by atoms with Crippen LogP contribution in [0.15, 0.2) is 53.2 Å². The van der Waals surface area contributed by atoms with Gasteiger partial charge in [-0.2, -0.15) is 0 Å². The highest BCUT2D eigenvalue weighted by atomic mass is 32.1. The lowest BCUT2D eigenvalue weighted by molar-refractivity contribution is -0.0788. The molecule has 1 aromatic carbocycles. The number of aromatic nitrogens is 2. The second kappa shape index (κ2) is 7.69. The van der Waals surface area contributed by atoms with E-state index in [0.29, 0.717) is 12.6 Å². The van der Waals surface area contributed by atoms with Crippen molar-refractivity contribution in [2.24, 2.45) is 4.99 Å². The number of allylic oxidation sites excluding steroid dienone is 1. The summed E-state index contributed by atoms with van der Waals surface area (Å²) in [4.78, 5) is 18.8. The number of aryl methyl sites for hydroxylation is 1. The van der Waals surface area contributed by atoms with Crippen LogP contribution in [0.1, 0.15) is 21.6 Å². The van der Waals surface area contributed by atoms with Crippen molar-refractivity contribution < 1.29 is 9.47 Å². The Morgan fingerprint density at radius 1 is 1.26 bits per heavy atom. The first-order valence-electron chi connectivity index (χ1n) is 10.8. The van der Waals surface area contributed by atoms with Crippen LogP contribution in [0.5, 0.6) is 0 Å². The Balaban J connectivity index is 1.36. The van der Waals surface area contributed by atoms with Gasteiger partial charge in [0.1, 0.15) is 6.61 Å². The summed E-state index contributed by atoms with van der Waals surface area (Å²) in [5.41, 5.74) is 2.50. The van der Waals surface area contributed by atoms with Crippen molar-refractivity contribution in [1.29, 1.82) is 0 Å². The van der Waals surface area contributed by atoms with Gasteiger partial charge in [0.2, 0.25) is 0 Å². The van der Waals surface area contributed by atoms with Gasteiger partial charge in [-0.3, -0.25) is 4.99 Å². The van der Waals surface area contributed by atoms with Crippen LogP contribution in [0.2, 0.25) is 0 Å². The maximum atomic E-state index is 6.05. The number of thiazole rings is 1. The zero-order valence-electron chi connectivity index (χ0n) is 17.5. The van der Waals surface area contributed by atoms with E-state index in [1.165, 1.54) is 16.5 Å². The van der Waals surface area contributed by atoms with E-state index in [0.717, 1.165) is 54.2 Å². The number of benzene rings is 1. The van der Waals surface area contributed by atoms with Gasteiger partial charge in [-0.25, -0.2) is 4.98 Å². The van der Waals surface area contributed by atoms with Gasteiger partial charge >= 0.3 is 0 Å². The number of aliphatic imine (C=N–C) groups is 1. The fourth-order valence-corrected chi connectivity index (χ4v) is 5.44. The fraction of sp³-hybridized carbons (Fsp3) is 0.391. The summed E-state index contributed by atoms with van der Waals surface area (Å²) in [5, 5.41) is 2.34. The molecule has 5 heterocycles. The molecule has 1 atom stereocenters. The lowest BCUT2D eigenvalue weighted by atomic mass is 10.1. The van der Waals surface area contributed by atoms with Crippen LogP contribution in [0.25, 0.3) is 10.9 Å². The van der Waals surface area contributed by atoms with Gasteiger partial charge < -0.3 is 24.3 Å². The standard InChI is InChI=1S/C23H25N5O2S/c1-15-24-12-21(31-15)22-26-11-20-23(27(8-9-30-20)17-13-29-14-17)28(22)7-6-16-10-25-19-5-3-2-4-18(16)19/h2-5,10-12,17,22,25H,6-9,13-14H2,1H3. The van der Waals surface area contributed by atoms with Crippen LogP contribution < -0.4 is 0 Å². The van der Waals surface area contributed by atoms with Crippen LogP contribution >= 0.6 is 11.3 Å². The van der Waals surface area contributed by atoms with Gasteiger partial charge in [-0.05, 0) is 25.0 Å². The molecule has 0 spiro atoms. The van der Waals surface area contributed by atoms with Crippen LogP contribution in [-0.4, -0.2) is 64.9 Å². The van der Waals surface area contributed by atoms with Crippen molar-refractivity contribution in [3.63, 3.8) is 0 Å². The molecule has 8 heteroatoms. The third-order valence-corrected chi connectivity index (χ3v) is 7.19. The SMILES string of the molecule is Cc1ncc(C2N=CC3=C(N(C4COC4)CCO3)N2CCc2c[nH]c3ccccc23)s1. The fourth-order valence-electron chi connectivity index (χ4n) is 4.59. The first-order chi connectivity index (χ1) is 15.3. The molecule has 2 aromatic heterocycles. The second-order valence-corrected chi connectivity index (χ2v) is 9.42. The first kappa shape index (κ1) is 18.9. The average molecular weight is 436 g/mol. The molecule has 1 unspecified atom stereocenters. The predicted molar refractivity (Wildman–Crippen MR) is 121 cm³/mol. The Hall–Kier alpha value is -2.84. The molecule has 0 bridgehead atoms. The first-order valence-corrected chi connectivity index (χ1v) is 11.6. The highest BCUT2D eigenvalue weighted by Crippen LogP contribution is 2.38. The number of aromatic amines is 1. The summed E-state index contributed by atoms with van der Waals surface area (Å²) in [6.45, 7) is 5.99. The van der Waals surface area contributed by atoms with E-state index >= 15 is 0 Å². The minimum atomic E-state index is -0.0830. The van der Waals surface area contributed by atoms with Gasteiger partial charge in [0.05, 0.1) is 41.9 Å². The molecule has 7 nitrogen and oxygen atoms in total. The largest absolute Gasteiger partial charge is 0.486 e. The number of hydrogen-bond acceptors (Lipinski definition) is 7. The highest BCUT2D eigenvalue weighted by Gasteiger charge is 2.39. The number of hydrogen-bond donors (Lipinski definition) is 1. The number of fused-ring (bicyclic) bond motifs is 1. The number of rotatable bonds is 5. The van der Waals surface area contributed by atoms with E-state index in [2.05, 4.69) is 50.2 Å². The normalized spacial score (nSPS) is 21.4. The average Bonchev–Trinajstić information content (AvgIpc) is 3.37. The maximum absolute atomic E-state index is 6.05. The Morgan fingerprint density at radius 2 is 2.16 bits per heavy atom. The maximum Gasteiger partial charge on any atom is 0.177 e. The van der Waals surface area contributed by atoms with Gasteiger partial charge in [0.15, 0.2) is 17.7 Å². The quantitative estimate of drug-likeness (QED) is 0.665. The minimum Gasteiger partial charge on any atom is -0.486 e. The van der Waals surface area contributed by atoms with E-state index in [4.69, 9.17) is 14.5 Å². The smallest absolute Gasteiger partial charge is 0.177 e. The molecule has 0 amide bonds. The number of H-pyrrole nitrogens is 1. The third-order valence-electron chi connectivity index (χ3n) is 6.23. The monoisotopic (exact) mass is 435 g/mol. The van der Waals surface area contributed by atoms with Crippen molar-refractivity contribution in [3.05, 3.63) is 63.7 Å². The Bertz CT molecular complexity index is 1160. The molecule has 1 fully saturated rings. The van der Waals surface area contributed by atoms with Crippen LogP contribution in [0.4, 0.5) is 0 Å². The van der Waals surface area contributed by atoms with Crippen molar-refractivity contribution >= 4 is 28.5 Å². The second-order valence-electron chi connectivity index (χ2n) is 8.16. The van der Waals surface area contributed by atoms with Crippen molar-refractivity contribution in [1.82, 2.24) is 19.8 Å². The molecule has 1 saturated heterocycles. The summed E-state index contributed by atoms with van der Waals surface area (Å²) in [5.74, 6) is 2.01. The predicted octanol–water partition coefficient (Wildman–Crippen LogP) is 3.46. The van der Waals surface area contributed by atoms with Crippen LogP contribution in [-0.2, 0) is 15.9 Å². The number of nitrogens with zero attached hydrogens (tertiary/aromatic N) is 4. The highest BCUT2D eigenvalue weighted by molar-refractivity contribution is 7.11. The van der Waals surface area contributed by atoms with E-state index in [-0.39, 0.29) is 6.17 Å². The lowest BCUT2D eigenvalue weighted by Gasteiger charge is -2.48. The van der Waals surface area contributed by atoms with Gasteiger partial charge in [0.25, 0.3) is 0 Å². The van der Waals surface area contributed by atoms with Crippen LogP contribution in [0, 0.1) is 6.92 Å². The molecular weight excluding hydrogens is 410 g/mol. The van der Waals surface area contributed by atoms with E-state index in [1.54, 1.807) is 11.3 Å². The van der Waals surface area contributed by atoms with E-state index in [1.807, 2.05) is 19.3 Å². The number of nitrogens with one attached hydrogen (secondary N) is 1. The molecule has 31 heavy (non-hydrogen) atoms. The molecule has 0 aliphatic carbocycles. The van der Waals surface area contributed by atoms with E-state index in [9.17, 15) is 0 Å². The molecule has 160 valence electrons. The summed E-state index contributed by atoms with van der Waals surface area (Å²) in [7, 11) is 0. The molecule has 6 rings (SSSR count). The lowest BCUT2D eigenvalue weighted by Crippen LogP contribution is -2.55. The molecule has 0 saturated carbocycles. The summed E-state index contributed by atoms with van der Waals surface area (Å²) in [6.07, 6.45) is 6.84. The number of para-hydroxylation sites is 1. The molecular formula is C23H25N5O2S. The van der Waals surface area contributed by atoms with Crippen molar-refractivity contribution in [2.75, 3.05) is 32.9 Å². The summed E-state index contributed by atoms with van der Waals surface area (Å²) >= 11 is 1.71. The zero-order valence-corrected chi connectivity index (χ0v) is 18.3. The van der Waals surface area contributed by atoms with Crippen molar-refractivity contribution in [3.8, 4) is 0 Å². The topological polar surface area (TPSA) is 66.0 Å². The third kappa shape index (κ3) is 3.30. The Morgan fingerprint density at radius 3 is 2.97 bits per heavy atom. The van der Waals surface area contributed by atoms with E-state index < -0.39 is 0 Å². The molecule has 3 aromatic rings. The minimum absolute atomic E-state index is 0.0830. The zero-order chi connectivity index (χ0) is 20.8. The van der Waals surface area contributed by atoms with Gasteiger partial charge in [-0.15, -0.1) is 11.3 Å². The number of ether oxygens (including phenoxy) is 2. The summed E-state index contributed by atoms with van der Waals surface area (Å²) in [6, 6.07) is 8.88. The molecule has 3 aliphatic heterocycles. The summed E-state index contributed by atoms with van der Waals surface area (Å²) < 4.78 is 11.6. The molecule has 3 aliphatic rings. The molecule has 1 N–H and O–H groups in total. The van der Waals surface area contributed by atoms with Crippen molar-refractivity contribution in [2.45, 2.75) is 25.6 Å². The molecule has 0 radical (unpaired) electrons. The van der Waals surface area contributed by atoms with Gasteiger partial charge in [0, 0.05) is 29.8 Å².